The van der Waals surface area contributed by atoms with Crippen molar-refractivity contribution in [3.63, 3.8) is 0 Å². The van der Waals surface area contributed by atoms with Gasteiger partial charge >= 0.3 is 12.6 Å². The van der Waals surface area contributed by atoms with E-state index in [-0.39, 0.29) is 54.8 Å². The highest BCUT2D eigenvalue weighted by atomic mass is 19.3. The van der Waals surface area contributed by atoms with E-state index in [0.717, 1.165) is 19.4 Å². The molecule has 0 spiro atoms. The lowest BCUT2D eigenvalue weighted by Crippen LogP contribution is -2.44. The molecule has 0 aliphatic carbocycles. The number of aromatic amines is 1. The highest BCUT2D eigenvalue weighted by Crippen LogP contribution is 2.46. The number of nitrogens with zero attached hydrogens (tertiary/aromatic N) is 8. The monoisotopic (exact) mass is 721 g/mol. The largest absolute Gasteiger partial charge is 0.461 e. The minimum absolute atomic E-state index is 0.00919. The minimum Gasteiger partial charge on any atom is -0.461 e. The molecule has 0 radical (unpaired) electrons. The quantitative estimate of drug-likeness (QED) is 0.201. The van der Waals surface area contributed by atoms with Crippen LogP contribution in [-0.4, -0.2) is 108 Å². The zero-order valence-electron chi connectivity index (χ0n) is 29.1. The van der Waals surface area contributed by atoms with Crippen molar-refractivity contribution in [3.05, 3.63) is 35.8 Å². The van der Waals surface area contributed by atoms with Gasteiger partial charge in [0.2, 0.25) is 0 Å². The number of halogens is 4. The summed E-state index contributed by atoms with van der Waals surface area (Å²) in [5.74, 6) is -0.139. The molecule has 4 aromatic heterocycles. The summed E-state index contributed by atoms with van der Waals surface area (Å²) in [5, 5.41) is 25.1. The third-order valence-corrected chi connectivity index (χ3v) is 11.2. The van der Waals surface area contributed by atoms with Crippen LogP contribution in [0, 0.1) is 5.82 Å². The second-order valence-corrected chi connectivity index (χ2v) is 14.8. The van der Waals surface area contributed by atoms with Gasteiger partial charge in [0.15, 0.2) is 5.65 Å². The number of hydrogen-bond acceptors (Lipinski definition) is 9. The Bertz CT molecular complexity index is 2370. The summed E-state index contributed by atoms with van der Waals surface area (Å²) in [6.07, 6.45) is 3.06. The smallest absolute Gasteiger partial charge is 0.333 e. The number of ether oxygens (including phenoxy) is 2. The molecule has 16 heteroatoms. The summed E-state index contributed by atoms with van der Waals surface area (Å²) in [7, 11) is 1.72. The fourth-order valence-electron chi connectivity index (χ4n) is 8.93. The van der Waals surface area contributed by atoms with E-state index in [9.17, 15) is 9.50 Å². The molecule has 2 aromatic carbocycles. The molecule has 7 heterocycles. The summed E-state index contributed by atoms with van der Waals surface area (Å²) in [5.41, 5.74) is 0.690. The summed E-state index contributed by atoms with van der Waals surface area (Å²) in [6.45, 7) is 2.45. The van der Waals surface area contributed by atoms with Crippen LogP contribution in [-0.2, 0) is 18.2 Å². The summed E-state index contributed by atoms with van der Waals surface area (Å²) in [4.78, 5) is 13.6. The molecule has 274 valence electrons. The van der Waals surface area contributed by atoms with Gasteiger partial charge < -0.3 is 24.0 Å². The van der Waals surface area contributed by atoms with Crippen LogP contribution in [0.15, 0.2) is 24.4 Å². The van der Waals surface area contributed by atoms with Gasteiger partial charge in [-0.15, -0.1) is 0 Å². The maximum Gasteiger partial charge on any atom is 0.333 e. The van der Waals surface area contributed by atoms with Crippen molar-refractivity contribution >= 4 is 49.6 Å². The predicted octanol–water partition coefficient (Wildman–Crippen LogP) is 5.65. The van der Waals surface area contributed by atoms with E-state index in [4.69, 9.17) is 19.4 Å². The lowest BCUT2D eigenvalue weighted by Gasteiger charge is -2.31. The van der Waals surface area contributed by atoms with Crippen LogP contribution in [0.25, 0.3) is 55.0 Å². The maximum absolute atomic E-state index is 15.5. The number of aliphatic hydroxyl groups is 1. The van der Waals surface area contributed by atoms with E-state index in [1.807, 2.05) is 13.0 Å². The van der Waals surface area contributed by atoms with Gasteiger partial charge in [-0.05, 0) is 61.2 Å². The van der Waals surface area contributed by atoms with Gasteiger partial charge in [0.05, 0.1) is 47.9 Å². The topological polar surface area (TPSA) is 122 Å². The molecule has 3 aliphatic heterocycles. The Balaban J connectivity index is 1.32. The van der Waals surface area contributed by atoms with E-state index in [0.29, 0.717) is 74.6 Å². The normalized spacial score (nSPS) is 24.3. The van der Waals surface area contributed by atoms with E-state index in [2.05, 4.69) is 20.2 Å². The number of fused-ring (bicyclic) bond motifs is 6. The van der Waals surface area contributed by atoms with Crippen LogP contribution < -0.4 is 9.64 Å². The van der Waals surface area contributed by atoms with Crippen LogP contribution in [0.5, 0.6) is 6.01 Å². The average molecular weight is 722 g/mol. The molecule has 3 fully saturated rings. The first kappa shape index (κ1) is 33.3. The van der Waals surface area contributed by atoms with Crippen LogP contribution in [0.2, 0.25) is 0 Å². The summed E-state index contributed by atoms with van der Waals surface area (Å²) in [6, 6.07) is 4.94. The van der Waals surface area contributed by atoms with E-state index >= 15 is 13.2 Å². The third kappa shape index (κ3) is 5.05. The summed E-state index contributed by atoms with van der Waals surface area (Å²) >= 11 is 0. The fraction of sp³-hybridized carbons (Fsp3) is 0.500. The molecule has 9 rings (SSSR count). The van der Waals surface area contributed by atoms with Crippen molar-refractivity contribution < 1.29 is 32.1 Å². The molecular weight excluding hydrogens is 682 g/mol. The first-order chi connectivity index (χ1) is 25.0. The number of H-pyrrole nitrogens is 1. The zero-order chi connectivity index (χ0) is 36.1. The van der Waals surface area contributed by atoms with E-state index in [1.54, 1.807) is 35.7 Å². The predicted molar refractivity (Wildman–Crippen MR) is 187 cm³/mol. The van der Waals surface area contributed by atoms with E-state index in [1.165, 1.54) is 6.07 Å². The molecule has 3 saturated heterocycles. The molecule has 6 aromatic rings. The van der Waals surface area contributed by atoms with Crippen molar-refractivity contribution in [2.24, 2.45) is 7.05 Å². The fourth-order valence-corrected chi connectivity index (χ4v) is 8.93. The number of nitrogens with one attached hydrogen (secondary N) is 1. The third-order valence-electron chi connectivity index (χ3n) is 11.2. The maximum atomic E-state index is 15.5. The Morgan fingerprint density at radius 3 is 2.83 bits per heavy atom. The van der Waals surface area contributed by atoms with Gasteiger partial charge in [0.25, 0.3) is 0 Å². The summed E-state index contributed by atoms with van der Waals surface area (Å²) < 4.78 is 75.0. The highest BCUT2D eigenvalue weighted by molar-refractivity contribution is 6.20. The van der Waals surface area contributed by atoms with Crippen molar-refractivity contribution in [3.8, 4) is 17.3 Å². The van der Waals surface area contributed by atoms with Gasteiger partial charge in [0.1, 0.15) is 41.2 Å². The number of anilines is 1. The van der Waals surface area contributed by atoms with Crippen LogP contribution in [0.3, 0.4) is 0 Å². The molecule has 12 nitrogen and oxygen atoms in total. The Kier molecular flexibility index (Phi) is 7.68. The van der Waals surface area contributed by atoms with Gasteiger partial charge in [-0.25, -0.2) is 13.5 Å². The Morgan fingerprint density at radius 1 is 1.17 bits per heavy atom. The molecule has 0 amide bonds. The molecule has 2 N–H and O–H groups in total. The molecular formula is C36H39F4N9O3. The number of rotatable bonds is 7. The number of aryl methyl sites for hydroxylation is 2. The second-order valence-electron chi connectivity index (χ2n) is 14.8. The molecule has 3 atom stereocenters. The van der Waals surface area contributed by atoms with Gasteiger partial charge in [0, 0.05) is 37.5 Å². The highest BCUT2D eigenvalue weighted by Gasteiger charge is 2.49. The Morgan fingerprint density at radius 2 is 2.02 bits per heavy atom. The lowest BCUT2D eigenvalue weighted by molar-refractivity contribution is -0.0123. The first-order valence-corrected chi connectivity index (χ1v) is 17.7. The van der Waals surface area contributed by atoms with Gasteiger partial charge in [-0.1, -0.05) is 13.0 Å². The van der Waals surface area contributed by atoms with Gasteiger partial charge in [-0.2, -0.15) is 28.9 Å². The molecule has 0 bridgehead atoms. The zero-order valence-corrected chi connectivity index (χ0v) is 29.1. The first-order valence-electron chi connectivity index (χ1n) is 17.7. The number of hydrogen-bond donors (Lipinski definition) is 2. The van der Waals surface area contributed by atoms with Gasteiger partial charge in [-0.3, -0.25) is 10.00 Å². The van der Waals surface area contributed by atoms with Crippen LogP contribution in [0.1, 0.15) is 45.2 Å². The number of β-amino-alcohol motifs (C(OH)–C–C–N with tert-alkyl or cyclic N) is 1. The molecule has 3 aliphatic rings. The number of aromatic nitrogens is 7. The SMILES string of the molecule is CCc1c(F)ccc2cc3[nH]ncc3c(-c3nn(C(F)F)c4c5c(N6CCOC[C@@](C)(O)C6)nc(OC[C@@]67CCCN6C[C@H](F)C7)nc5n(C)c34)c12. The molecule has 52 heavy (non-hydrogen) atoms. The van der Waals surface area contributed by atoms with Crippen molar-refractivity contribution in [1.29, 1.82) is 0 Å². The standard InChI is InChI=1S/C36H39F4N9O3/c1-4-21-23(38)7-6-19-12-24-22(14-41-44-24)26(25(19)21)28-30-29(49(45-28)33(39)40)27-31(46(30)3)42-34(43-32(27)47-10-11-51-17-35(2,50)16-47)52-18-36-8-5-9-48(36)15-20(37)13-36/h6-7,12,14,20,33,50H,4-5,8-11,13,15-18H2,1-3H3,(H,41,44)/t20-,35+,36+/m1/s1. The lowest BCUT2D eigenvalue weighted by atomic mass is 9.92. The average Bonchev–Trinajstić information content (AvgIpc) is 3.90. The van der Waals surface area contributed by atoms with Crippen LogP contribution in [0.4, 0.5) is 23.4 Å². The van der Waals surface area contributed by atoms with Crippen molar-refractivity contribution in [2.75, 3.05) is 50.9 Å². The Labute approximate surface area is 295 Å². The minimum atomic E-state index is -3.07. The number of benzene rings is 2. The molecule has 0 saturated carbocycles. The molecule has 0 unspecified atom stereocenters. The van der Waals surface area contributed by atoms with Crippen molar-refractivity contribution in [1.82, 2.24) is 39.4 Å². The van der Waals surface area contributed by atoms with Crippen molar-refractivity contribution in [2.45, 2.75) is 63.4 Å². The Hall–Kier alpha value is -4.54. The second kappa shape index (κ2) is 12.0. The van der Waals surface area contributed by atoms with Crippen LogP contribution >= 0.6 is 0 Å². The van der Waals surface area contributed by atoms with E-state index < -0.39 is 29.7 Å². The number of alkyl halides is 3.